The van der Waals surface area contributed by atoms with Gasteiger partial charge in [0.1, 0.15) is 18.1 Å². The monoisotopic (exact) mass is 678 g/mol. The van der Waals surface area contributed by atoms with Gasteiger partial charge in [0.15, 0.2) is 0 Å². The second-order valence-corrected chi connectivity index (χ2v) is 12.3. The number of nitrogens with one attached hydrogen (secondary N) is 3. The van der Waals surface area contributed by atoms with Gasteiger partial charge in [0.05, 0.1) is 17.7 Å². The van der Waals surface area contributed by atoms with Crippen LogP contribution in [-0.4, -0.2) is 62.9 Å². The number of benzene rings is 4. The van der Waals surface area contributed by atoms with Gasteiger partial charge in [-0.15, -0.1) is 0 Å². The Balaban J connectivity index is 1.12. The van der Waals surface area contributed by atoms with Crippen LogP contribution in [0, 0.1) is 0 Å². The zero-order chi connectivity index (χ0) is 35.6. The highest BCUT2D eigenvalue weighted by atomic mass is 16.5. The Morgan fingerprint density at radius 2 is 1.64 bits per heavy atom. The number of carboxylic acid groups (broad SMARTS) is 1. The Morgan fingerprint density at radius 3 is 2.36 bits per heavy atom. The molecule has 50 heavy (non-hydrogen) atoms. The van der Waals surface area contributed by atoms with Crippen LogP contribution < -0.4 is 20.9 Å². The number of aliphatic hydroxyl groups is 1. The molecule has 1 aromatic heterocycles. The number of carbonyl (C=O) groups is 2. The summed E-state index contributed by atoms with van der Waals surface area (Å²) in [6.07, 6.45) is -1.32. The Labute approximate surface area is 290 Å². The number of aromatic amines is 1. The van der Waals surface area contributed by atoms with Crippen LogP contribution in [0.1, 0.15) is 65.0 Å². The molecule has 11 heteroatoms. The molecule has 2 amide bonds. The predicted octanol–water partition coefficient (Wildman–Crippen LogP) is 5.73. The molecule has 0 saturated heterocycles. The van der Waals surface area contributed by atoms with Gasteiger partial charge < -0.3 is 40.6 Å². The number of amides is 2. The summed E-state index contributed by atoms with van der Waals surface area (Å²) >= 11 is 0. The molecule has 0 aliphatic heterocycles. The maximum Gasteiger partial charge on any atom is 0.405 e. The summed E-state index contributed by atoms with van der Waals surface area (Å²) in [5.74, 6) is 0.453. The highest BCUT2D eigenvalue weighted by Crippen LogP contribution is 2.29. The number of hydrogen-bond donors (Lipinski definition) is 6. The Bertz CT molecular complexity index is 1960. The highest BCUT2D eigenvalue weighted by Gasteiger charge is 2.20. The van der Waals surface area contributed by atoms with Crippen molar-refractivity contribution in [2.75, 3.05) is 19.6 Å². The van der Waals surface area contributed by atoms with Crippen molar-refractivity contribution in [2.24, 2.45) is 0 Å². The number of pyridine rings is 1. The van der Waals surface area contributed by atoms with Crippen LogP contribution >= 0.6 is 0 Å². The fraction of sp³-hybridized carbons (Fsp3) is 0.256. The summed E-state index contributed by atoms with van der Waals surface area (Å²) in [7, 11) is 0. The largest absolute Gasteiger partial charge is 0.506 e. The lowest BCUT2D eigenvalue weighted by Gasteiger charge is -2.27. The third-order valence-electron chi connectivity index (χ3n) is 8.44. The van der Waals surface area contributed by atoms with Crippen LogP contribution in [0.25, 0.3) is 10.9 Å². The number of aromatic hydroxyl groups is 1. The summed E-state index contributed by atoms with van der Waals surface area (Å²) in [6, 6.07) is 29.4. The van der Waals surface area contributed by atoms with E-state index < -0.39 is 18.2 Å². The topological polar surface area (TPSA) is 164 Å². The minimum atomic E-state index is -1.12. The molecule has 11 nitrogen and oxygen atoms in total. The predicted molar refractivity (Wildman–Crippen MR) is 192 cm³/mol. The van der Waals surface area contributed by atoms with Gasteiger partial charge in [-0.3, -0.25) is 9.59 Å². The minimum Gasteiger partial charge on any atom is -0.506 e. The molecule has 0 aliphatic carbocycles. The molecule has 0 bridgehead atoms. The fourth-order valence-corrected chi connectivity index (χ4v) is 5.85. The third kappa shape index (κ3) is 9.07. The number of hydrogen-bond acceptors (Lipinski definition) is 7. The number of aliphatic hydroxyl groups excluding tert-OH is 1. The van der Waals surface area contributed by atoms with Gasteiger partial charge in [-0.2, -0.15) is 0 Å². The van der Waals surface area contributed by atoms with E-state index in [0.717, 1.165) is 16.7 Å². The molecule has 260 valence electrons. The molecule has 0 aliphatic rings. The number of nitrogens with zero attached hydrogens (tertiary/aromatic N) is 1. The van der Waals surface area contributed by atoms with Gasteiger partial charge in [-0.05, 0) is 85.5 Å². The lowest BCUT2D eigenvalue weighted by Crippen LogP contribution is -2.39. The number of fused-ring (bicyclic) bond motifs is 1. The van der Waals surface area contributed by atoms with E-state index >= 15 is 0 Å². The first-order valence-corrected chi connectivity index (χ1v) is 16.5. The van der Waals surface area contributed by atoms with Crippen molar-refractivity contribution in [3.05, 3.63) is 141 Å². The van der Waals surface area contributed by atoms with Gasteiger partial charge in [0.25, 0.3) is 5.91 Å². The number of phenols is 1. The Kier molecular flexibility index (Phi) is 11.9. The second kappa shape index (κ2) is 16.6. The van der Waals surface area contributed by atoms with E-state index in [1.54, 1.807) is 24.3 Å². The summed E-state index contributed by atoms with van der Waals surface area (Å²) in [6.45, 7) is 5.56. The van der Waals surface area contributed by atoms with Crippen molar-refractivity contribution in [2.45, 2.75) is 45.1 Å². The van der Waals surface area contributed by atoms with Crippen LogP contribution in [0.2, 0.25) is 0 Å². The van der Waals surface area contributed by atoms with Crippen LogP contribution in [0.3, 0.4) is 0 Å². The molecular formula is C39H42N4O7. The second-order valence-electron chi connectivity index (χ2n) is 12.3. The third-order valence-corrected chi connectivity index (χ3v) is 8.44. The quantitative estimate of drug-likeness (QED) is 0.0765. The summed E-state index contributed by atoms with van der Waals surface area (Å²) < 4.78 is 6.04. The number of H-pyrrole nitrogens is 1. The first kappa shape index (κ1) is 35.7. The molecule has 4 aromatic carbocycles. The molecular weight excluding hydrogens is 636 g/mol. The van der Waals surface area contributed by atoms with Crippen molar-refractivity contribution >= 4 is 22.9 Å². The Morgan fingerprint density at radius 1 is 0.900 bits per heavy atom. The van der Waals surface area contributed by atoms with Gasteiger partial charge >= 0.3 is 6.09 Å². The zero-order valence-electron chi connectivity index (χ0n) is 28.0. The lowest BCUT2D eigenvalue weighted by atomic mass is 9.98. The maximum atomic E-state index is 13.4. The lowest BCUT2D eigenvalue weighted by molar-refractivity contribution is 0.0702. The van der Waals surface area contributed by atoms with E-state index in [4.69, 9.17) is 4.74 Å². The van der Waals surface area contributed by atoms with E-state index in [1.165, 1.54) is 12.1 Å². The van der Waals surface area contributed by atoms with Crippen molar-refractivity contribution in [3.8, 4) is 11.5 Å². The molecule has 2 atom stereocenters. The maximum absolute atomic E-state index is 13.4. The molecule has 0 fully saturated rings. The average molecular weight is 679 g/mol. The minimum absolute atomic E-state index is 0.0239. The average Bonchev–Trinajstić information content (AvgIpc) is 3.11. The molecule has 0 radical (unpaired) electrons. The van der Waals surface area contributed by atoms with Gasteiger partial charge in [0, 0.05) is 36.1 Å². The first-order chi connectivity index (χ1) is 24.1. The number of carbonyl (C=O) groups excluding carboxylic acids is 1. The number of ether oxygens (including phenoxy) is 1. The van der Waals surface area contributed by atoms with E-state index in [9.17, 15) is 29.7 Å². The van der Waals surface area contributed by atoms with Gasteiger partial charge in [0.2, 0.25) is 5.56 Å². The van der Waals surface area contributed by atoms with Crippen LogP contribution in [0.15, 0.2) is 108 Å². The number of rotatable bonds is 15. The van der Waals surface area contributed by atoms with Gasteiger partial charge in [-0.1, -0.05) is 60.7 Å². The summed E-state index contributed by atoms with van der Waals surface area (Å²) in [5, 5.41) is 36.7. The van der Waals surface area contributed by atoms with E-state index in [0.29, 0.717) is 41.8 Å². The first-order valence-electron chi connectivity index (χ1n) is 16.5. The van der Waals surface area contributed by atoms with Gasteiger partial charge in [-0.25, -0.2) is 4.79 Å². The van der Waals surface area contributed by atoms with Crippen molar-refractivity contribution in [3.63, 3.8) is 0 Å². The normalized spacial score (nSPS) is 12.4. The van der Waals surface area contributed by atoms with E-state index in [2.05, 4.69) is 15.6 Å². The standard InChI is InChI=1S/C39H42N4O7/c1-25(2)43(21-7-20-40-23-34(45)31-16-18-33(44)37-32(31)17-19-35(46)41-37)38(47)28-14-12-26(13-15-28)24-50-30-11-6-10-29(22-30)36(42-39(48)49)27-8-4-3-5-9-27/h3-6,8-19,22,25,34,36,40,42,44-45H,7,20-21,23-24H2,1-2H3,(H,41,46)(H,48,49)/t34-,36?/m0/s1. The van der Waals surface area contributed by atoms with Crippen molar-refractivity contribution < 1.29 is 29.6 Å². The Hall–Kier alpha value is -5.65. The van der Waals surface area contributed by atoms with E-state index in [-0.39, 0.29) is 41.9 Å². The van der Waals surface area contributed by atoms with Crippen molar-refractivity contribution in [1.29, 1.82) is 0 Å². The summed E-state index contributed by atoms with van der Waals surface area (Å²) in [4.78, 5) is 41.1. The van der Waals surface area contributed by atoms with E-state index in [1.807, 2.05) is 85.5 Å². The smallest absolute Gasteiger partial charge is 0.405 e. The molecule has 1 unspecified atom stereocenters. The number of aromatic nitrogens is 1. The molecule has 1 heterocycles. The van der Waals surface area contributed by atoms with Crippen LogP contribution in [-0.2, 0) is 6.61 Å². The molecule has 5 rings (SSSR count). The molecule has 6 N–H and O–H groups in total. The highest BCUT2D eigenvalue weighted by molar-refractivity contribution is 5.94. The fourth-order valence-electron chi connectivity index (χ4n) is 5.85. The van der Waals surface area contributed by atoms with Crippen molar-refractivity contribution in [1.82, 2.24) is 20.5 Å². The SMILES string of the molecule is CC(C)N(CCCNC[C@H](O)c1ccc(O)c2[nH]c(=O)ccc12)C(=O)c1ccc(COc2cccc(C(NC(=O)O)c3ccccc3)c2)cc1. The van der Waals surface area contributed by atoms with Crippen LogP contribution in [0.5, 0.6) is 11.5 Å². The van der Waals surface area contributed by atoms with Crippen LogP contribution in [0.4, 0.5) is 4.79 Å². The molecule has 5 aromatic rings. The summed E-state index contributed by atoms with van der Waals surface area (Å²) in [5.41, 5.74) is 3.55. The molecule has 0 saturated carbocycles. The number of phenolic OH excluding ortho intramolecular Hbond substituents is 1. The molecule has 0 spiro atoms. The zero-order valence-corrected chi connectivity index (χ0v) is 28.0.